The molecule has 0 spiro atoms. The molecule has 1 aliphatic rings. The van der Waals surface area contributed by atoms with E-state index in [0.29, 0.717) is 33.4 Å². The van der Waals surface area contributed by atoms with Crippen LogP contribution in [0.1, 0.15) is 11.3 Å². The molecule has 6 nitrogen and oxygen atoms in total. The smallest absolute Gasteiger partial charge is 0.416 e. The van der Waals surface area contributed by atoms with Gasteiger partial charge in [0, 0.05) is 16.6 Å². The molecule has 1 aromatic heterocycles. The fourth-order valence-corrected chi connectivity index (χ4v) is 3.68. The van der Waals surface area contributed by atoms with Crippen molar-refractivity contribution in [2.45, 2.75) is 12.6 Å². The number of hydrogen-bond donors (Lipinski definition) is 2. The van der Waals surface area contributed by atoms with Gasteiger partial charge in [-0.1, -0.05) is 12.1 Å². The zero-order valence-electron chi connectivity index (χ0n) is 15.2. The first-order chi connectivity index (χ1) is 14.3. The zero-order valence-corrected chi connectivity index (χ0v) is 16.1. The van der Waals surface area contributed by atoms with Crippen LogP contribution in [0.5, 0.6) is 5.75 Å². The number of nitrogens with zero attached hydrogens (tertiary/aromatic N) is 1. The summed E-state index contributed by atoms with van der Waals surface area (Å²) in [6.07, 6.45) is -4.40. The van der Waals surface area contributed by atoms with E-state index in [0.717, 1.165) is 12.1 Å². The normalized spacial score (nSPS) is 13.2. The number of hydrogen-bond acceptors (Lipinski definition) is 5. The Morgan fingerprint density at radius 1 is 1.20 bits per heavy atom. The quantitative estimate of drug-likeness (QED) is 0.642. The Bertz CT molecular complexity index is 1110. The number of anilines is 2. The lowest BCUT2D eigenvalue weighted by Crippen LogP contribution is -2.25. The molecule has 0 saturated heterocycles. The summed E-state index contributed by atoms with van der Waals surface area (Å²) in [7, 11) is 0. The Balaban J connectivity index is 1.41. The molecule has 0 atom stereocenters. The fraction of sp³-hybridized carbons (Fsp3) is 0.150. The maximum atomic E-state index is 12.7. The molecular formula is C20H14F3N3O3S. The number of ether oxygens (including phenoxy) is 1. The van der Waals surface area contributed by atoms with Crippen molar-refractivity contribution >= 4 is 34.5 Å². The van der Waals surface area contributed by atoms with E-state index in [4.69, 9.17) is 4.74 Å². The number of rotatable bonds is 4. The minimum atomic E-state index is -4.39. The second kappa shape index (κ2) is 7.79. The van der Waals surface area contributed by atoms with Crippen LogP contribution in [0.3, 0.4) is 0 Å². The summed E-state index contributed by atoms with van der Waals surface area (Å²) in [6.45, 7) is -0.0518. The first-order valence-corrected chi connectivity index (χ1v) is 9.64. The van der Waals surface area contributed by atoms with Gasteiger partial charge in [-0.2, -0.15) is 13.2 Å². The topological polar surface area (TPSA) is 80.3 Å². The van der Waals surface area contributed by atoms with Crippen molar-refractivity contribution in [1.82, 2.24) is 4.98 Å². The van der Waals surface area contributed by atoms with Gasteiger partial charge >= 0.3 is 6.18 Å². The van der Waals surface area contributed by atoms with E-state index in [1.54, 1.807) is 23.6 Å². The largest absolute Gasteiger partial charge is 0.482 e. The number of fused-ring (bicyclic) bond motifs is 1. The van der Waals surface area contributed by atoms with Gasteiger partial charge < -0.3 is 15.4 Å². The van der Waals surface area contributed by atoms with Gasteiger partial charge in [0.15, 0.2) is 6.61 Å². The van der Waals surface area contributed by atoms with Crippen LogP contribution in [0, 0.1) is 0 Å². The SMILES string of the molecule is O=C(Cc1csc(-c2ccc(C(F)(F)F)cc2)n1)Nc1ccc2c(c1)NC(=O)CO2. The van der Waals surface area contributed by atoms with Crippen molar-refractivity contribution in [3.63, 3.8) is 0 Å². The maximum Gasteiger partial charge on any atom is 0.416 e. The van der Waals surface area contributed by atoms with Gasteiger partial charge in [0.05, 0.1) is 23.4 Å². The molecule has 0 unspecified atom stereocenters. The molecule has 10 heteroatoms. The van der Waals surface area contributed by atoms with E-state index in [9.17, 15) is 22.8 Å². The molecule has 4 rings (SSSR count). The van der Waals surface area contributed by atoms with E-state index in [1.807, 2.05) is 0 Å². The highest BCUT2D eigenvalue weighted by atomic mass is 32.1. The zero-order chi connectivity index (χ0) is 21.3. The lowest BCUT2D eigenvalue weighted by molar-refractivity contribution is -0.137. The summed E-state index contributed by atoms with van der Waals surface area (Å²) in [5.74, 6) is -0.0696. The monoisotopic (exact) mass is 433 g/mol. The van der Waals surface area contributed by atoms with Crippen LogP contribution in [0.4, 0.5) is 24.5 Å². The number of halogens is 3. The Labute approximate surface area is 172 Å². The Morgan fingerprint density at radius 2 is 1.97 bits per heavy atom. The molecule has 154 valence electrons. The maximum absolute atomic E-state index is 12.7. The van der Waals surface area contributed by atoms with E-state index in [1.165, 1.54) is 23.5 Å². The van der Waals surface area contributed by atoms with Crippen LogP contribution in [0.25, 0.3) is 10.6 Å². The minimum Gasteiger partial charge on any atom is -0.482 e. The summed E-state index contributed by atoms with van der Waals surface area (Å²) in [6, 6.07) is 9.62. The molecule has 2 N–H and O–H groups in total. The standard InChI is InChI=1S/C20H14F3N3O3S/c21-20(22,23)12-3-1-11(2-4-12)19-25-14(10-30-19)8-17(27)24-13-5-6-16-15(7-13)26-18(28)9-29-16/h1-7,10H,8-9H2,(H,24,27)(H,26,28). The van der Waals surface area contributed by atoms with Gasteiger partial charge in [0.2, 0.25) is 5.91 Å². The van der Waals surface area contributed by atoms with E-state index < -0.39 is 11.7 Å². The van der Waals surface area contributed by atoms with E-state index in [-0.39, 0.29) is 24.8 Å². The lowest BCUT2D eigenvalue weighted by atomic mass is 10.1. The number of carbonyl (C=O) groups excluding carboxylic acids is 2. The number of carbonyl (C=O) groups is 2. The van der Waals surface area contributed by atoms with Gasteiger partial charge in [-0.25, -0.2) is 4.98 Å². The highest BCUT2D eigenvalue weighted by molar-refractivity contribution is 7.13. The fourth-order valence-electron chi connectivity index (χ4n) is 2.85. The van der Waals surface area contributed by atoms with Crippen molar-refractivity contribution < 1.29 is 27.5 Å². The molecule has 0 saturated carbocycles. The van der Waals surface area contributed by atoms with Gasteiger partial charge in [0.1, 0.15) is 10.8 Å². The molecule has 2 amide bonds. The Kier molecular flexibility index (Phi) is 5.17. The van der Waals surface area contributed by atoms with Crippen molar-refractivity contribution in [1.29, 1.82) is 0 Å². The molecule has 1 aliphatic heterocycles. The molecule has 0 bridgehead atoms. The Hall–Kier alpha value is -3.40. The summed E-state index contributed by atoms with van der Waals surface area (Å²) >= 11 is 1.25. The molecule has 0 fully saturated rings. The number of benzene rings is 2. The highest BCUT2D eigenvalue weighted by Gasteiger charge is 2.30. The summed E-state index contributed by atoms with van der Waals surface area (Å²) in [5.41, 5.74) is 1.28. The highest BCUT2D eigenvalue weighted by Crippen LogP contribution is 2.32. The summed E-state index contributed by atoms with van der Waals surface area (Å²) in [4.78, 5) is 28.1. The van der Waals surface area contributed by atoms with Crippen LogP contribution >= 0.6 is 11.3 Å². The summed E-state index contributed by atoms with van der Waals surface area (Å²) in [5, 5.41) is 7.60. The molecule has 2 aromatic carbocycles. The third-order valence-electron chi connectivity index (χ3n) is 4.25. The first kappa shape index (κ1) is 19.9. The number of thiazole rings is 1. The molecular weight excluding hydrogens is 419 g/mol. The number of amides is 2. The second-order valence-corrected chi connectivity index (χ2v) is 7.35. The number of nitrogens with one attached hydrogen (secondary N) is 2. The molecule has 3 aromatic rings. The number of alkyl halides is 3. The van der Waals surface area contributed by atoms with Crippen LogP contribution in [0.15, 0.2) is 47.8 Å². The third-order valence-corrected chi connectivity index (χ3v) is 5.19. The predicted octanol–water partition coefficient (Wildman–Crippen LogP) is 4.34. The molecule has 0 radical (unpaired) electrons. The second-order valence-electron chi connectivity index (χ2n) is 6.49. The van der Waals surface area contributed by atoms with E-state index >= 15 is 0 Å². The predicted molar refractivity (Wildman–Crippen MR) is 105 cm³/mol. The van der Waals surface area contributed by atoms with Crippen LogP contribution in [0.2, 0.25) is 0 Å². The van der Waals surface area contributed by atoms with Gasteiger partial charge in [0.25, 0.3) is 5.91 Å². The van der Waals surface area contributed by atoms with E-state index in [2.05, 4.69) is 15.6 Å². The van der Waals surface area contributed by atoms with Crippen molar-refractivity contribution in [2.24, 2.45) is 0 Å². The molecule has 2 heterocycles. The van der Waals surface area contributed by atoms with Gasteiger partial charge in [-0.3, -0.25) is 9.59 Å². The number of aromatic nitrogens is 1. The van der Waals surface area contributed by atoms with Crippen LogP contribution in [-0.2, 0) is 22.2 Å². The van der Waals surface area contributed by atoms with Crippen molar-refractivity contribution in [3.05, 3.63) is 59.1 Å². The molecule has 0 aliphatic carbocycles. The Morgan fingerprint density at radius 3 is 2.70 bits per heavy atom. The summed E-state index contributed by atoms with van der Waals surface area (Å²) < 4.78 is 43.3. The van der Waals surface area contributed by atoms with Crippen LogP contribution < -0.4 is 15.4 Å². The third kappa shape index (κ3) is 4.43. The van der Waals surface area contributed by atoms with Crippen molar-refractivity contribution in [2.75, 3.05) is 17.2 Å². The van der Waals surface area contributed by atoms with Gasteiger partial charge in [-0.05, 0) is 30.3 Å². The first-order valence-electron chi connectivity index (χ1n) is 8.76. The van der Waals surface area contributed by atoms with Gasteiger partial charge in [-0.15, -0.1) is 11.3 Å². The van der Waals surface area contributed by atoms with Crippen LogP contribution in [-0.4, -0.2) is 23.4 Å². The van der Waals surface area contributed by atoms with Crippen molar-refractivity contribution in [3.8, 4) is 16.3 Å². The minimum absolute atomic E-state index is 0.00290. The molecule has 30 heavy (non-hydrogen) atoms. The average Bonchev–Trinajstić information content (AvgIpc) is 3.15. The lowest BCUT2D eigenvalue weighted by Gasteiger charge is -2.18. The average molecular weight is 433 g/mol.